The Kier molecular flexibility index (Phi) is 23.2. The van der Waals surface area contributed by atoms with Gasteiger partial charge in [-0.15, -0.1) is 12.4 Å². The molecule has 10 nitrogen and oxygen atoms in total. The molecule has 92 heavy (non-hydrogen) atoms. The van der Waals surface area contributed by atoms with E-state index in [1.165, 1.54) is 72.8 Å². The van der Waals surface area contributed by atoms with Gasteiger partial charge in [0.2, 0.25) is 0 Å². The van der Waals surface area contributed by atoms with Crippen molar-refractivity contribution in [3.63, 3.8) is 0 Å². The van der Waals surface area contributed by atoms with Crippen LogP contribution in [0.1, 0.15) is 202 Å². The zero-order chi connectivity index (χ0) is 65.3. The van der Waals surface area contributed by atoms with E-state index in [4.69, 9.17) is 16.2 Å². The van der Waals surface area contributed by atoms with E-state index in [0.29, 0.717) is 72.8 Å². The lowest BCUT2D eigenvalue weighted by Crippen LogP contribution is -2.54. The van der Waals surface area contributed by atoms with E-state index < -0.39 is 5.60 Å². The predicted molar refractivity (Wildman–Crippen MR) is 379 cm³/mol. The van der Waals surface area contributed by atoms with E-state index >= 15 is 0 Å². The molecule has 9 aliphatic carbocycles. The topological polar surface area (TPSA) is 192 Å². The van der Waals surface area contributed by atoms with Gasteiger partial charge in [0, 0.05) is 26.4 Å². The van der Waals surface area contributed by atoms with Gasteiger partial charge in [-0.05, 0) is 286 Å². The van der Waals surface area contributed by atoms with Crippen molar-refractivity contribution in [1.82, 2.24) is 5.32 Å². The highest BCUT2D eigenvalue weighted by Crippen LogP contribution is 2.67. The molecule has 0 aromatic heterocycles. The number of alkyl carbamates (subject to hydrolysis) is 1. The highest BCUT2D eigenvalue weighted by molar-refractivity contribution is 5.85. The van der Waals surface area contributed by atoms with Crippen LogP contribution in [0.15, 0.2) is 109 Å². The van der Waals surface area contributed by atoms with Crippen LogP contribution in [0.2, 0.25) is 0 Å². The van der Waals surface area contributed by atoms with Gasteiger partial charge >= 0.3 is 6.09 Å². The molecular weight excluding hydrogens is 1160 g/mol. The Hall–Kier alpha value is -3.84. The van der Waals surface area contributed by atoms with Gasteiger partial charge in [0.15, 0.2) is 0 Å². The second-order valence-electron chi connectivity index (χ2n) is 33.4. The molecule has 0 saturated heterocycles. The molecule has 3 aromatic carbocycles. The number of ether oxygens (including phenoxy) is 1. The van der Waals surface area contributed by atoms with Gasteiger partial charge in [-0.3, -0.25) is 0 Å². The van der Waals surface area contributed by atoms with E-state index in [1.54, 1.807) is 5.57 Å². The number of hydrogen-bond donors (Lipinski definition) is 8. The predicted octanol–water partition coefficient (Wildman–Crippen LogP) is 16.0. The molecule has 0 heterocycles. The number of rotatable bonds is 13. The number of hydrogen-bond acceptors (Lipinski definition) is 9. The van der Waals surface area contributed by atoms with Crippen molar-refractivity contribution in [3.05, 3.63) is 126 Å². The maximum absolute atomic E-state index is 12.7. The third kappa shape index (κ3) is 14.0. The van der Waals surface area contributed by atoms with Crippen LogP contribution in [0.4, 0.5) is 4.79 Å². The summed E-state index contributed by atoms with van der Waals surface area (Å²) in [6, 6.07) is 32.5. The van der Waals surface area contributed by atoms with Crippen molar-refractivity contribution >= 4 is 35.2 Å². The molecule has 1 amide bonds. The fourth-order valence-electron chi connectivity index (χ4n) is 22.4. The maximum atomic E-state index is 12.7. The molecule has 0 radical (unpaired) electrons. The number of halogens is 1. The SMILES string of the molecule is CC(C)(C)OC(=O)NC[C@@H]1[C@@H]([C@@]2(C)CC[C@H](O)C[C@@H]2CO)CC[C@]2(C)C(c3ccccc3)=CC[C@@H]12.C[C@H]1CC[C@](C)([C@H]2CC[C@]3(C)C(c4ccccc4)=CC[C@H]3[C@@H]2CN)[C@@H](CO)C1.C[C@]1([C@H]2CC[C@]3(C)C(c4ccccc4)=CC[C@H]3[C@@H]2CN)CC[C@H](O)C[C@@H]1CO.Cl. The van der Waals surface area contributed by atoms with Crippen LogP contribution < -0.4 is 16.8 Å². The van der Waals surface area contributed by atoms with Crippen LogP contribution in [0, 0.1) is 109 Å². The Morgan fingerprint density at radius 1 is 0.489 bits per heavy atom. The Morgan fingerprint density at radius 3 is 1.15 bits per heavy atom. The van der Waals surface area contributed by atoms with Crippen LogP contribution in [-0.4, -0.2) is 88.9 Å². The highest BCUT2D eigenvalue weighted by atomic mass is 35.5. The smallest absolute Gasteiger partial charge is 0.407 e. The van der Waals surface area contributed by atoms with Crippen LogP contribution in [-0.2, 0) is 4.74 Å². The fraction of sp³-hybridized carbons (Fsp3) is 0.691. The lowest BCUT2D eigenvalue weighted by atomic mass is 9.48. The first kappa shape index (κ1) is 72.4. The summed E-state index contributed by atoms with van der Waals surface area (Å²) < 4.78 is 5.58. The summed E-state index contributed by atoms with van der Waals surface area (Å²) in [5.41, 5.74) is 21.7. The summed E-state index contributed by atoms with van der Waals surface area (Å²) >= 11 is 0. The minimum absolute atomic E-state index is 0. The van der Waals surface area contributed by atoms with Gasteiger partial charge in [-0.1, -0.05) is 164 Å². The third-order valence-electron chi connectivity index (χ3n) is 27.7. The van der Waals surface area contributed by atoms with Gasteiger partial charge in [0.05, 0.1) is 12.2 Å². The number of carbonyl (C=O) groups is 1. The molecule has 12 rings (SSSR count). The highest BCUT2D eigenvalue weighted by Gasteiger charge is 2.60. The summed E-state index contributed by atoms with van der Waals surface area (Å²) in [4.78, 5) is 12.7. The monoisotopic (exact) mass is 1280 g/mol. The molecule has 21 atom stereocenters. The van der Waals surface area contributed by atoms with Gasteiger partial charge in [-0.2, -0.15) is 0 Å². The van der Waals surface area contributed by atoms with Crippen molar-refractivity contribution in [2.24, 2.45) is 121 Å². The molecule has 11 heteroatoms. The number of allylic oxidation sites excluding steroid dienone is 6. The fourth-order valence-corrected chi connectivity index (χ4v) is 22.4. The molecule has 0 unspecified atom stereocenters. The number of nitrogens with two attached hydrogens (primary N) is 2. The molecule has 6 fully saturated rings. The Morgan fingerprint density at radius 2 is 0.815 bits per heavy atom. The van der Waals surface area contributed by atoms with Crippen LogP contribution in [0.3, 0.4) is 0 Å². The average molecular weight is 1290 g/mol. The van der Waals surface area contributed by atoms with Crippen molar-refractivity contribution in [3.8, 4) is 0 Å². The largest absolute Gasteiger partial charge is 0.444 e. The number of benzene rings is 3. The van der Waals surface area contributed by atoms with E-state index in [0.717, 1.165) is 83.2 Å². The van der Waals surface area contributed by atoms with Crippen LogP contribution in [0.5, 0.6) is 0 Å². The quantitative estimate of drug-likeness (QED) is 0.0823. The third-order valence-corrected chi connectivity index (χ3v) is 27.7. The second kappa shape index (κ2) is 29.5. The zero-order valence-corrected chi connectivity index (χ0v) is 59.0. The van der Waals surface area contributed by atoms with Crippen LogP contribution in [0.25, 0.3) is 16.7 Å². The first-order valence-corrected chi connectivity index (χ1v) is 36.2. The minimum Gasteiger partial charge on any atom is -0.444 e. The number of amides is 1. The molecule has 10 N–H and O–H groups in total. The lowest BCUT2D eigenvalue weighted by Gasteiger charge is -2.57. The van der Waals surface area contributed by atoms with E-state index in [1.807, 2.05) is 20.8 Å². The number of carbonyl (C=O) groups excluding carboxylic acids is 1. The number of fused-ring (bicyclic) bond motifs is 3. The van der Waals surface area contributed by atoms with Crippen molar-refractivity contribution in [2.75, 3.05) is 39.5 Å². The van der Waals surface area contributed by atoms with Crippen molar-refractivity contribution in [1.29, 1.82) is 0 Å². The van der Waals surface area contributed by atoms with Crippen molar-refractivity contribution < 1.29 is 35.1 Å². The summed E-state index contributed by atoms with van der Waals surface area (Å²) in [6.45, 7) is 25.3. The Bertz CT molecular complexity index is 2870. The Labute approximate surface area is 561 Å². The molecule has 510 valence electrons. The number of aliphatic hydroxyl groups is 5. The minimum atomic E-state index is -0.534. The Balaban J connectivity index is 0.000000164. The first-order valence-electron chi connectivity index (χ1n) is 36.2. The number of aliphatic hydroxyl groups excluding tert-OH is 5. The maximum Gasteiger partial charge on any atom is 0.407 e. The number of nitrogens with one attached hydrogen (secondary N) is 1. The summed E-state index contributed by atoms with van der Waals surface area (Å²) in [5, 5.41) is 54.3. The zero-order valence-electron chi connectivity index (χ0n) is 58.1. The molecule has 0 spiro atoms. The summed E-state index contributed by atoms with van der Waals surface area (Å²) in [6.07, 6.45) is 25.4. The van der Waals surface area contributed by atoms with Gasteiger partial charge in [0.1, 0.15) is 5.60 Å². The van der Waals surface area contributed by atoms with Crippen LogP contribution >= 0.6 is 12.4 Å². The molecule has 9 aliphatic rings. The molecule has 6 saturated carbocycles. The summed E-state index contributed by atoms with van der Waals surface area (Å²) in [7, 11) is 0. The molecular formula is C81H122ClN3O7. The molecule has 0 bridgehead atoms. The van der Waals surface area contributed by atoms with Gasteiger partial charge < -0.3 is 47.1 Å². The van der Waals surface area contributed by atoms with Gasteiger partial charge in [-0.25, -0.2) is 4.79 Å². The van der Waals surface area contributed by atoms with Gasteiger partial charge in [0.25, 0.3) is 0 Å². The summed E-state index contributed by atoms with van der Waals surface area (Å²) in [5.74, 6) is 5.91. The average Bonchev–Trinajstić information content (AvgIpc) is 1.45. The molecule has 0 aliphatic heterocycles. The first-order chi connectivity index (χ1) is 43.3. The van der Waals surface area contributed by atoms with E-state index in [9.17, 15) is 30.3 Å². The normalized spacial score (nSPS) is 40.7. The van der Waals surface area contributed by atoms with E-state index in [2.05, 4.69) is 163 Å². The lowest BCUT2D eigenvalue weighted by molar-refractivity contribution is -0.0920. The second-order valence-corrected chi connectivity index (χ2v) is 33.4. The molecule has 3 aromatic rings. The standard InChI is InChI=1S/C30H45NO4.C26H39NO.C25H37NO2.ClH/c1-28(2,3)35-27(34)31-18-23-25-12-11-24(20-9-7-6-8-10-20)30(25,5)16-14-26(23)29(4)15-13-22(33)17-21(29)19-32;1-18-11-13-25(2,20(15-18)17-28)24-12-14-26(3)22(19-7-5-4-6-8-19)9-10-23(26)21(24)16-27;1-24(12-10-19(28)14-18(24)16-27)23-11-13-25(2)21(17-6-4-3-5-7-17)8-9-22(25)20(23)15-26;/h6-11,21-23,25-26,32-33H,12-19H2,1-5H3,(H,31,34);4-9,18,20-21,23-24,28H,10-17,27H2,1-3H3;3-8,18-20,22-23,27-28H,9-16,26H2,1-2H3;1H/t21-,22+,23+,25+,26+,29+,30-;18-,20+,21-,23-,24-,25-,26+;18-,19+,20+,22+,23+,24+,25-;/m101./s1. The van der Waals surface area contributed by atoms with Crippen molar-refractivity contribution in [2.45, 2.75) is 203 Å². The van der Waals surface area contributed by atoms with E-state index in [-0.39, 0.29) is 94.2 Å².